The van der Waals surface area contributed by atoms with E-state index in [4.69, 9.17) is 0 Å². The van der Waals surface area contributed by atoms with Crippen LogP contribution >= 0.6 is 0 Å². The minimum absolute atomic E-state index is 0.0709. The van der Waals surface area contributed by atoms with Crippen LogP contribution in [0.5, 0.6) is 0 Å². The second-order valence-corrected chi connectivity index (χ2v) is 6.00. The van der Waals surface area contributed by atoms with Crippen molar-refractivity contribution < 1.29 is 9.59 Å². The third-order valence-corrected chi connectivity index (χ3v) is 4.28. The van der Waals surface area contributed by atoms with Crippen molar-refractivity contribution in [1.29, 1.82) is 0 Å². The largest absolute Gasteiger partial charge is 0.338 e. The average Bonchev–Trinajstić information content (AvgIpc) is 2.69. The Balaban J connectivity index is 1.93. The molecule has 1 unspecified atom stereocenters. The third-order valence-electron chi connectivity index (χ3n) is 4.28. The topological polar surface area (TPSA) is 49.4 Å². The number of benzene rings is 2. The zero-order valence-electron chi connectivity index (χ0n) is 13.2. The van der Waals surface area contributed by atoms with Crippen molar-refractivity contribution in [3.05, 3.63) is 71.8 Å². The molecule has 2 amide bonds. The van der Waals surface area contributed by atoms with Crippen LogP contribution in [-0.4, -0.2) is 23.3 Å². The molecule has 2 aromatic rings. The predicted molar refractivity (Wildman–Crippen MR) is 88.4 cm³/mol. The maximum atomic E-state index is 13.1. The highest BCUT2D eigenvalue weighted by molar-refractivity contribution is 5.94. The van der Waals surface area contributed by atoms with Gasteiger partial charge in [-0.3, -0.25) is 9.59 Å². The summed E-state index contributed by atoms with van der Waals surface area (Å²) >= 11 is 0. The van der Waals surface area contributed by atoms with E-state index in [-0.39, 0.29) is 11.8 Å². The van der Waals surface area contributed by atoms with Gasteiger partial charge in [0, 0.05) is 19.5 Å². The van der Waals surface area contributed by atoms with E-state index in [2.05, 4.69) is 5.32 Å². The zero-order valence-corrected chi connectivity index (χ0v) is 13.2. The van der Waals surface area contributed by atoms with Gasteiger partial charge in [0.05, 0.1) is 0 Å². The predicted octanol–water partition coefficient (Wildman–Crippen LogP) is 2.45. The van der Waals surface area contributed by atoms with E-state index in [0.717, 1.165) is 11.1 Å². The molecule has 3 rings (SSSR count). The summed E-state index contributed by atoms with van der Waals surface area (Å²) in [6, 6.07) is 19.3. The number of hydrogen-bond acceptors (Lipinski definition) is 2. The molecule has 1 atom stereocenters. The molecule has 0 saturated carbocycles. The molecule has 1 aliphatic heterocycles. The van der Waals surface area contributed by atoms with Crippen LogP contribution in [0.3, 0.4) is 0 Å². The molecule has 4 nitrogen and oxygen atoms in total. The van der Waals surface area contributed by atoms with E-state index in [9.17, 15) is 9.59 Å². The van der Waals surface area contributed by atoms with Crippen LogP contribution in [0.25, 0.3) is 0 Å². The summed E-state index contributed by atoms with van der Waals surface area (Å²) in [5, 5.41) is 2.91. The summed E-state index contributed by atoms with van der Waals surface area (Å²) in [6.07, 6.45) is 0.320. The van der Waals surface area contributed by atoms with Crippen molar-refractivity contribution in [1.82, 2.24) is 10.2 Å². The van der Waals surface area contributed by atoms with E-state index >= 15 is 0 Å². The van der Waals surface area contributed by atoms with Crippen LogP contribution in [0.4, 0.5) is 0 Å². The Morgan fingerprint density at radius 3 is 2.26 bits per heavy atom. The molecule has 1 saturated heterocycles. The van der Waals surface area contributed by atoms with Gasteiger partial charge in [0.25, 0.3) is 5.91 Å². The normalized spacial score (nSPS) is 21.7. The first kappa shape index (κ1) is 15.3. The molecule has 0 aliphatic carbocycles. The van der Waals surface area contributed by atoms with Crippen molar-refractivity contribution in [2.75, 3.05) is 6.54 Å². The van der Waals surface area contributed by atoms with Gasteiger partial charge < -0.3 is 10.2 Å². The molecule has 0 aromatic heterocycles. The molecular weight excluding hydrogens is 288 g/mol. The van der Waals surface area contributed by atoms with Crippen LogP contribution in [0, 0.1) is 0 Å². The van der Waals surface area contributed by atoms with Gasteiger partial charge in [0.1, 0.15) is 5.54 Å². The van der Waals surface area contributed by atoms with Gasteiger partial charge in [-0.1, -0.05) is 60.7 Å². The number of amides is 2. The van der Waals surface area contributed by atoms with E-state index < -0.39 is 5.54 Å². The lowest BCUT2D eigenvalue weighted by Gasteiger charge is -2.32. The Morgan fingerprint density at radius 2 is 1.61 bits per heavy atom. The standard InChI is InChI=1S/C19H20N2O2/c1-19(16-10-6-3-7-11-16)18(23)21(13-12-17(22)20-19)14-15-8-4-2-5-9-15/h2-11H,12-14H2,1H3,(H,20,22). The van der Waals surface area contributed by atoms with Gasteiger partial charge in [-0.2, -0.15) is 0 Å². The maximum absolute atomic E-state index is 13.1. The Labute approximate surface area is 136 Å². The van der Waals surface area contributed by atoms with E-state index in [1.807, 2.05) is 60.7 Å². The Hall–Kier alpha value is -2.62. The van der Waals surface area contributed by atoms with Crippen molar-refractivity contribution in [3.8, 4) is 0 Å². The smallest absolute Gasteiger partial charge is 0.253 e. The summed E-state index contributed by atoms with van der Waals surface area (Å²) in [5.41, 5.74) is 0.841. The van der Waals surface area contributed by atoms with Crippen molar-refractivity contribution >= 4 is 11.8 Å². The number of carbonyl (C=O) groups is 2. The van der Waals surface area contributed by atoms with E-state index in [1.54, 1.807) is 11.8 Å². The lowest BCUT2D eigenvalue weighted by molar-refractivity contribution is -0.139. The number of hydrogen-bond donors (Lipinski definition) is 1. The molecule has 0 spiro atoms. The molecule has 118 valence electrons. The second kappa shape index (κ2) is 6.24. The van der Waals surface area contributed by atoms with Crippen LogP contribution in [0.2, 0.25) is 0 Å². The Kier molecular flexibility index (Phi) is 4.15. The minimum Gasteiger partial charge on any atom is -0.338 e. The summed E-state index contributed by atoms with van der Waals surface area (Å²) in [4.78, 5) is 27.0. The maximum Gasteiger partial charge on any atom is 0.253 e. The van der Waals surface area contributed by atoms with Gasteiger partial charge in [-0.15, -0.1) is 0 Å². The zero-order chi connectivity index (χ0) is 16.3. The number of rotatable bonds is 3. The van der Waals surface area contributed by atoms with Gasteiger partial charge in [0.15, 0.2) is 0 Å². The lowest BCUT2D eigenvalue weighted by Crippen LogP contribution is -2.52. The van der Waals surface area contributed by atoms with Crippen molar-refractivity contribution in [2.45, 2.75) is 25.4 Å². The molecule has 23 heavy (non-hydrogen) atoms. The highest BCUT2D eigenvalue weighted by atomic mass is 16.2. The summed E-state index contributed by atoms with van der Waals surface area (Å²) in [7, 11) is 0. The van der Waals surface area contributed by atoms with Gasteiger partial charge >= 0.3 is 0 Å². The molecule has 1 fully saturated rings. The fourth-order valence-electron chi connectivity index (χ4n) is 2.97. The Morgan fingerprint density at radius 1 is 1.00 bits per heavy atom. The summed E-state index contributed by atoms with van der Waals surface area (Å²) in [5.74, 6) is -0.168. The van der Waals surface area contributed by atoms with Gasteiger partial charge in [0.2, 0.25) is 5.91 Å². The van der Waals surface area contributed by atoms with E-state index in [0.29, 0.717) is 19.5 Å². The molecule has 0 bridgehead atoms. The first-order valence-corrected chi connectivity index (χ1v) is 7.79. The van der Waals surface area contributed by atoms with E-state index in [1.165, 1.54) is 0 Å². The fourth-order valence-corrected chi connectivity index (χ4v) is 2.97. The minimum atomic E-state index is -1.02. The quantitative estimate of drug-likeness (QED) is 0.947. The molecule has 1 heterocycles. The van der Waals surface area contributed by atoms with Crippen molar-refractivity contribution in [3.63, 3.8) is 0 Å². The monoisotopic (exact) mass is 308 g/mol. The Bertz CT molecular complexity index is 700. The molecule has 2 aromatic carbocycles. The molecule has 0 radical (unpaired) electrons. The van der Waals surface area contributed by atoms with Crippen LogP contribution in [0.15, 0.2) is 60.7 Å². The number of nitrogens with zero attached hydrogens (tertiary/aromatic N) is 1. The van der Waals surface area contributed by atoms with Crippen LogP contribution in [-0.2, 0) is 21.7 Å². The van der Waals surface area contributed by atoms with Crippen LogP contribution < -0.4 is 5.32 Å². The fraction of sp³-hybridized carbons (Fsp3) is 0.263. The first-order chi connectivity index (χ1) is 11.1. The van der Waals surface area contributed by atoms with Crippen LogP contribution in [0.1, 0.15) is 24.5 Å². The lowest BCUT2D eigenvalue weighted by atomic mass is 9.90. The summed E-state index contributed by atoms with van der Waals surface area (Å²) < 4.78 is 0. The highest BCUT2D eigenvalue weighted by Crippen LogP contribution is 2.26. The SMILES string of the molecule is CC1(c2ccccc2)NC(=O)CCN(Cc2ccccc2)C1=O. The van der Waals surface area contributed by atoms with Gasteiger partial charge in [-0.05, 0) is 18.1 Å². The number of nitrogens with one attached hydrogen (secondary N) is 1. The molecule has 4 heteroatoms. The molecular formula is C19H20N2O2. The van der Waals surface area contributed by atoms with Gasteiger partial charge in [-0.25, -0.2) is 0 Å². The van der Waals surface area contributed by atoms with Crippen molar-refractivity contribution in [2.24, 2.45) is 0 Å². The highest BCUT2D eigenvalue weighted by Gasteiger charge is 2.41. The first-order valence-electron chi connectivity index (χ1n) is 7.79. The average molecular weight is 308 g/mol. The molecule has 1 aliphatic rings. The number of carbonyl (C=O) groups excluding carboxylic acids is 2. The third kappa shape index (κ3) is 3.11. The second-order valence-electron chi connectivity index (χ2n) is 6.00. The summed E-state index contributed by atoms with van der Waals surface area (Å²) in [6.45, 7) is 2.73. The molecule has 1 N–H and O–H groups in total.